The van der Waals surface area contributed by atoms with Gasteiger partial charge in [-0.05, 0) is 37.5 Å². The van der Waals surface area contributed by atoms with Crippen LogP contribution in [-0.4, -0.2) is 51.7 Å². The van der Waals surface area contributed by atoms with Gasteiger partial charge in [0.2, 0.25) is 0 Å². The van der Waals surface area contributed by atoms with Crippen molar-refractivity contribution in [3.63, 3.8) is 0 Å². The maximum Gasteiger partial charge on any atom is 0.276 e. The lowest BCUT2D eigenvalue weighted by Crippen LogP contribution is -2.35. The predicted octanol–water partition coefficient (Wildman–Crippen LogP) is 3.93. The van der Waals surface area contributed by atoms with E-state index >= 15 is 0 Å². The second-order valence-electron chi connectivity index (χ2n) is 7.33. The minimum Gasteiger partial charge on any atom is -0.497 e. The first-order chi connectivity index (χ1) is 15.3. The smallest absolute Gasteiger partial charge is 0.276 e. The number of hydrogen-bond donors (Lipinski definition) is 1. The molecule has 0 aliphatic carbocycles. The van der Waals surface area contributed by atoms with Gasteiger partial charge in [-0.15, -0.1) is 0 Å². The highest BCUT2D eigenvalue weighted by molar-refractivity contribution is 7.92. The molecule has 0 radical (unpaired) electrons. The van der Waals surface area contributed by atoms with E-state index in [1.807, 2.05) is 0 Å². The number of halogens is 1. The highest BCUT2D eigenvalue weighted by Gasteiger charge is 2.26. The number of fused-ring (bicyclic) bond motifs is 1. The topological polar surface area (TPSA) is 111 Å². The number of ether oxygens (including phenoxy) is 2. The van der Waals surface area contributed by atoms with Crippen LogP contribution in [0.2, 0.25) is 5.02 Å². The summed E-state index contributed by atoms with van der Waals surface area (Å²) < 4.78 is 44.4. The molecule has 2 heterocycles. The number of anilines is 1. The molecular weight excluding hydrogens is 458 g/mol. The highest BCUT2D eigenvalue weighted by Crippen LogP contribution is 2.38. The van der Waals surface area contributed by atoms with Crippen molar-refractivity contribution in [3.05, 3.63) is 41.0 Å². The van der Waals surface area contributed by atoms with Gasteiger partial charge in [0.25, 0.3) is 15.9 Å². The maximum atomic E-state index is 13.1. The second-order valence-corrected chi connectivity index (χ2v) is 9.42. The van der Waals surface area contributed by atoms with Crippen molar-refractivity contribution in [1.29, 1.82) is 0 Å². The number of hydrogen-bond acceptors (Lipinski definition) is 7. The lowest BCUT2D eigenvalue weighted by atomic mass is 10.1. The SMILES string of the molecule is COc1cc(Cl)c(NS(=O)(=O)c2ccc3onc(C(=O)N4CCCCC4)c3c2)c(OC)c1. The third-order valence-corrected chi connectivity index (χ3v) is 6.96. The van der Waals surface area contributed by atoms with Crippen molar-refractivity contribution in [2.24, 2.45) is 0 Å². The predicted molar refractivity (Wildman–Crippen MR) is 119 cm³/mol. The molecule has 1 aliphatic heterocycles. The van der Waals surface area contributed by atoms with Gasteiger partial charge in [0.1, 0.15) is 17.2 Å². The monoisotopic (exact) mass is 479 g/mol. The summed E-state index contributed by atoms with van der Waals surface area (Å²) in [5, 5.41) is 4.34. The first-order valence-electron chi connectivity index (χ1n) is 9.97. The Morgan fingerprint density at radius 3 is 2.56 bits per heavy atom. The average Bonchev–Trinajstić information content (AvgIpc) is 3.23. The molecule has 0 atom stereocenters. The van der Waals surface area contributed by atoms with Crippen molar-refractivity contribution < 1.29 is 27.2 Å². The molecule has 0 spiro atoms. The van der Waals surface area contributed by atoms with E-state index in [0.29, 0.717) is 29.8 Å². The van der Waals surface area contributed by atoms with Crippen LogP contribution in [0.25, 0.3) is 11.0 Å². The summed E-state index contributed by atoms with van der Waals surface area (Å²) in [7, 11) is -1.22. The third-order valence-electron chi connectivity index (χ3n) is 5.32. The first-order valence-corrected chi connectivity index (χ1v) is 11.8. The van der Waals surface area contributed by atoms with Crippen LogP contribution >= 0.6 is 11.6 Å². The van der Waals surface area contributed by atoms with Gasteiger partial charge >= 0.3 is 0 Å². The zero-order valence-electron chi connectivity index (χ0n) is 17.6. The van der Waals surface area contributed by atoms with E-state index in [4.69, 9.17) is 25.6 Å². The van der Waals surface area contributed by atoms with Crippen molar-refractivity contribution in [2.45, 2.75) is 24.2 Å². The molecule has 0 unspecified atom stereocenters. The molecule has 32 heavy (non-hydrogen) atoms. The number of rotatable bonds is 6. The average molecular weight is 480 g/mol. The van der Waals surface area contributed by atoms with Gasteiger partial charge in [-0.2, -0.15) is 0 Å². The second kappa shape index (κ2) is 8.87. The van der Waals surface area contributed by atoms with Crippen LogP contribution in [0.4, 0.5) is 5.69 Å². The lowest BCUT2D eigenvalue weighted by molar-refractivity contribution is 0.0716. The standard InChI is InChI=1S/C21H22ClN3O6S/c1-29-13-10-16(22)20(18(11-13)30-2)24-32(27,28)14-6-7-17-15(12-14)19(23-31-17)21(26)25-8-4-3-5-9-25/h6-7,10-12,24H,3-5,8-9H2,1-2H3. The van der Waals surface area contributed by atoms with Crippen LogP contribution in [0.15, 0.2) is 39.8 Å². The third kappa shape index (κ3) is 4.20. The van der Waals surface area contributed by atoms with E-state index in [1.54, 1.807) is 4.90 Å². The van der Waals surface area contributed by atoms with Gasteiger partial charge in [-0.3, -0.25) is 9.52 Å². The van der Waals surface area contributed by atoms with E-state index in [0.717, 1.165) is 19.3 Å². The van der Waals surface area contributed by atoms with E-state index in [9.17, 15) is 13.2 Å². The molecule has 1 fully saturated rings. The molecule has 1 aromatic heterocycles. The van der Waals surface area contributed by atoms with Crippen LogP contribution in [0, 0.1) is 0 Å². The number of methoxy groups -OCH3 is 2. The fraction of sp³-hybridized carbons (Fsp3) is 0.333. The zero-order chi connectivity index (χ0) is 22.9. The van der Waals surface area contributed by atoms with Gasteiger partial charge in [0.15, 0.2) is 11.3 Å². The van der Waals surface area contributed by atoms with Gasteiger partial charge in [-0.1, -0.05) is 16.8 Å². The number of carbonyl (C=O) groups excluding carboxylic acids is 1. The Labute approximate surface area is 190 Å². The highest BCUT2D eigenvalue weighted by atomic mass is 35.5. The number of sulfonamides is 1. The van der Waals surface area contributed by atoms with Crippen LogP contribution in [-0.2, 0) is 10.0 Å². The molecule has 9 nitrogen and oxygen atoms in total. The van der Waals surface area contributed by atoms with E-state index in [2.05, 4.69) is 9.88 Å². The summed E-state index contributed by atoms with van der Waals surface area (Å²) in [5.74, 6) is 0.345. The van der Waals surface area contributed by atoms with E-state index < -0.39 is 10.0 Å². The van der Waals surface area contributed by atoms with Gasteiger partial charge in [0, 0.05) is 25.2 Å². The van der Waals surface area contributed by atoms with Crippen molar-refractivity contribution in [2.75, 3.05) is 32.0 Å². The van der Waals surface area contributed by atoms with Crippen molar-refractivity contribution in [1.82, 2.24) is 10.1 Å². The van der Waals surface area contributed by atoms with Crippen LogP contribution < -0.4 is 14.2 Å². The summed E-state index contributed by atoms with van der Waals surface area (Å²) in [6.07, 6.45) is 2.93. The normalized spacial score (nSPS) is 14.4. The molecule has 170 valence electrons. The Kier molecular flexibility index (Phi) is 6.16. The Hall–Kier alpha value is -2.98. The van der Waals surface area contributed by atoms with Gasteiger partial charge < -0.3 is 18.9 Å². The number of likely N-dealkylation sites (tertiary alicyclic amines) is 1. The number of nitrogens with one attached hydrogen (secondary N) is 1. The molecule has 1 N–H and O–H groups in total. The molecule has 1 aliphatic rings. The lowest BCUT2D eigenvalue weighted by Gasteiger charge is -2.25. The minimum absolute atomic E-state index is 0.0741. The number of piperidine rings is 1. The van der Waals surface area contributed by atoms with Gasteiger partial charge in [-0.25, -0.2) is 8.42 Å². The summed E-state index contributed by atoms with van der Waals surface area (Å²) in [6.45, 7) is 1.28. The Morgan fingerprint density at radius 2 is 1.88 bits per heavy atom. The number of benzene rings is 2. The Balaban J connectivity index is 1.69. The van der Waals surface area contributed by atoms with E-state index in [1.165, 1.54) is 44.6 Å². The fourth-order valence-electron chi connectivity index (χ4n) is 3.61. The first kappa shape index (κ1) is 22.2. The van der Waals surface area contributed by atoms with Crippen molar-refractivity contribution >= 4 is 44.2 Å². The van der Waals surface area contributed by atoms with Gasteiger partial charge in [0.05, 0.1) is 29.5 Å². The van der Waals surface area contributed by atoms with Crippen LogP contribution in [0.3, 0.4) is 0 Å². The quantitative estimate of drug-likeness (QED) is 0.570. The van der Waals surface area contributed by atoms with Crippen LogP contribution in [0.5, 0.6) is 11.5 Å². The number of aromatic nitrogens is 1. The molecule has 2 aromatic carbocycles. The molecule has 1 amide bonds. The summed E-state index contributed by atoms with van der Waals surface area (Å²) in [4.78, 5) is 14.5. The molecule has 1 saturated heterocycles. The Morgan fingerprint density at radius 1 is 1.12 bits per heavy atom. The summed E-state index contributed by atoms with van der Waals surface area (Å²) in [5.41, 5.74) is 0.494. The number of carbonyl (C=O) groups is 1. The molecule has 11 heteroatoms. The number of amides is 1. The largest absolute Gasteiger partial charge is 0.497 e. The molecular formula is C21H22ClN3O6S. The fourth-order valence-corrected chi connectivity index (χ4v) is 5.04. The molecule has 3 aromatic rings. The summed E-state index contributed by atoms with van der Waals surface area (Å²) >= 11 is 6.25. The van der Waals surface area contributed by atoms with Crippen LogP contribution in [0.1, 0.15) is 29.8 Å². The Bertz CT molecular complexity index is 1270. The molecule has 4 rings (SSSR count). The molecule has 0 bridgehead atoms. The number of nitrogens with zero attached hydrogens (tertiary/aromatic N) is 2. The van der Waals surface area contributed by atoms with Crippen molar-refractivity contribution in [3.8, 4) is 11.5 Å². The molecule has 0 saturated carbocycles. The van der Waals surface area contributed by atoms with E-state index in [-0.39, 0.29) is 33.0 Å². The zero-order valence-corrected chi connectivity index (χ0v) is 19.1. The maximum absolute atomic E-state index is 13.1. The summed E-state index contributed by atoms with van der Waals surface area (Å²) in [6, 6.07) is 7.20. The minimum atomic E-state index is -4.07.